The first-order chi connectivity index (χ1) is 10.8. The molecular weight excluding hydrogens is 325 g/mol. The van der Waals surface area contributed by atoms with E-state index in [2.05, 4.69) is 9.88 Å². The molecule has 7 nitrogen and oxygen atoms in total. The minimum Gasteiger partial charge on any atom is -0.387 e. The van der Waals surface area contributed by atoms with Gasteiger partial charge in [0.25, 0.3) is 0 Å². The number of rotatable bonds is 7. The van der Waals surface area contributed by atoms with Crippen LogP contribution in [0.4, 0.5) is 4.39 Å². The van der Waals surface area contributed by atoms with Gasteiger partial charge in [-0.1, -0.05) is 29.4 Å². The van der Waals surface area contributed by atoms with Gasteiger partial charge in [0.1, 0.15) is 6.67 Å². The summed E-state index contributed by atoms with van der Waals surface area (Å²) < 4.78 is 42.0. The lowest BCUT2D eigenvalue weighted by Crippen LogP contribution is -2.30. The second kappa shape index (κ2) is 7.18. The highest BCUT2D eigenvalue weighted by Gasteiger charge is 2.17. The van der Waals surface area contributed by atoms with Gasteiger partial charge >= 0.3 is 0 Å². The Kier molecular flexibility index (Phi) is 5.47. The summed E-state index contributed by atoms with van der Waals surface area (Å²) in [6, 6.07) is 7.23. The van der Waals surface area contributed by atoms with Gasteiger partial charge in [0.2, 0.25) is 10.0 Å². The molecule has 0 saturated carbocycles. The van der Waals surface area contributed by atoms with E-state index in [4.69, 9.17) is 10.3 Å². The smallest absolute Gasteiger partial charge is 0.209 e. The summed E-state index contributed by atoms with van der Waals surface area (Å²) in [5, 5.41) is 13.6. The largest absolute Gasteiger partial charge is 0.387 e. The van der Waals surface area contributed by atoms with Crippen LogP contribution in [0.1, 0.15) is 17.4 Å². The number of nitrogens with zero attached hydrogens (tertiary/aromatic N) is 1. The summed E-state index contributed by atoms with van der Waals surface area (Å²) >= 11 is 0. The average molecular weight is 343 g/mol. The fraction of sp³-hybridized carbons (Fsp3) is 0.357. The summed E-state index contributed by atoms with van der Waals surface area (Å²) in [6.45, 7) is -0.786. The van der Waals surface area contributed by atoms with Crippen LogP contribution in [0.5, 0.6) is 0 Å². The summed E-state index contributed by atoms with van der Waals surface area (Å²) in [5.74, 6) is 0.450. The zero-order chi connectivity index (χ0) is 17.0. The van der Waals surface area contributed by atoms with E-state index in [9.17, 15) is 17.9 Å². The third kappa shape index (κ3) is 4.83. The zero-order valence-corrected chi connectivity index (χ0v) is 13.3. The molecule has 0 aliphatic heterocycles. The van der Waals surface area contributed by atoms with Crippen molar-refractivity contribution in [2.75, 3.05) is 12.9 Å². The van der Waals surface area contributed by atoms with Crippen molar-refractivity contribution in [3.8, 4) is 11.3 Å². The summed E-state index contributed by atoms with van der Waals surface area (Å²) in [5.41, 5.74) is 7.08. The topological polar surface area (TPSA) is 118 Å². The van der Waals surface area contributed by atoms with Gasteiger partial charge < -0.3 is 15.4 Å². The number of aliphatic hydroxyl groups excluding tert-OH is 1. The molecule has 0 saturated heterocycles. The van der Waals surface area contributed by atoms with Crippen LogP contribution in [-0.4, -0.2) is 37.7 Å². The fourth-order valence-corrected chi connectivity index (χ4v) is 2.32. The van der Waals surface area contributed by atoms with Gasteiger partial charge in [-0.05, 0) is 5.56 Å². The van der Waals surface area contributed by atoms with Crippen molar-refractivity contribution in [2.24, 2.45) is 5.73 Å². The second-order valence-corrected chi connectivity index (χ2v) is 6.99. The van der Waals surface area contributed by atoms with Crippen molar-refractivity contribution in [3.63, 3.8) is 0 Å². The fourth-order valence-electron chi connectivity index (χ4n) is 1.91. The Morgan fingerprint density at radius 3 is 2.61 bits per heavy atom. The molecule has 0 spiro atoms. The molecule has 0 aliphatic rings. The molecule has 1 aromatic heterocycles. The van der Waals surface area contributed by atoms with Crippen LogP contribution in [0.2, 0.25) is 0 Å². The van der Waals surface area contributed by atoms with Gasteiger partial charge in [0, 0.05) is 11.6 Å². The van der Waals surface area contributed by atoms with Crippen molar-refractivity contribution in [1.29, 1.82) is 0 Å². The highest BCUT2D eigenvalue weighted by atomic mass is 32.2. The molecule has 2 aromatic rings. The van der Waals surface area contributed by atoms with E-state index in [1.165, 1.54) is 0 Å². The molecule has 0 fully saturated rings. The highest BCUT2D eigenvalue weighted by Crippen LogP contribution is 2.24. The number of nitrogens with two attached hydrogens (primary N) is 1. The third-order valence-electron chi connectivity index (χ3n) is 3.19. The summed E-state index contributed by atoms with van der Waals surface area (Å²) in [7, 11) is -3.31. The number of sulfonamides is 1. The average Bonchev–Trinajstić information content (AvgIpc) is 3.00. The first-order valence-corrected chi connectivity index (χ1v) is 8.69. The molecule has 1 heterocycles. The van der Waals surface area contributed by atoms with Gasteiger partial charge in [-0.15, -0.1) is 0 Å². The van der Waals surface area contributed by atoms with E-state index in [0.29, 0.717) is 22.6 Å². The Bertz CT molecular complexity index is 746. The molecule has 1 aromatic carbocycles. The maximum absolute atomic E-state index is 12.5. The molecule has 4 N–H and O–H groups in total. The highest BCUT2D eigenvalue weighted by molar-refractivity contribution is 7.88. The number of benzene rings is 1. The number of hydrogen-bond donors (Lipinski definition) is 3. The summed E-state index contributed by atoms with van der Waals surface area (Å²) in [6.07, 6.45) is -0.0292. The van der Waals surface area contributed by atoms with E-state index in [1.807, 2.05) is 0 Å². The lowest BCUT2D eigenvalue weighted by Gasteiger charge is -2.16. The van der Waals surface area contributed by atoms with Crippen molar-refractivity contribution >= 4 is 10.0 Å². The first-order valence-electron chi connectivity index (χ1n) is 6.80. The number of aliphatic hydroxyl groups is 1. The van der Waals surface area contributed by atoms with Gasteiger partial charge in [0.05, 0.1) is 30.6 Å². The molecule has 126 valence electrons. The van der Waals surface area contributed by atoms with Crippen LogP contribution in [0.25, 0.3) is 11.3 Å². The number of halogens is 1. The van der Waals surface area contributed by atoms with Crippen LogP contribution in [0.15, 0.2) is 34.9 Å². The molecule has 2 rings (SSSR count). The van der Waals surface area contributed by atoms with E-state index >= 15 is 0 Å². The van der Waals surface area contributed by atoms with E-state index in [-0.39, 0.29) is 6.54 Å². The zero-order valence-electron chi connectivity index (χ0n) is 12.4. The van der Waals surface area contributed by atoms with Crippen LogP contribution in [-0.2, 0) is 16.6 Å². The van der Waals surface area contributed by atoms with Gasteiger partial charge in [-0.3, -0.25) is 0 Å². The molecule has 2 atom stereocenters. The maximum Gasteiger partial charge on any atom is 0.209 e. The van der Waals surface area contributed by atoms with Crippen LogP contribution in [0.3, 0.4) is 0 Å². The number of nitrogens with one attached hydrogen (secondary N) is 1. The van der Waals surface area contributed by atoms with Crippen LogP contribution >= 0.6 is 0 Å². The first kappa shape index (κ1) is 17.5. The number of aromatic nitrogens is 1. The van der Waals surface area contributed by atoms with Crippen molar-refractivity contribution in [1.82, 2.24) is 9.88 Å². The minimum absolute atomic E-state index is 0.0322. The molecule has 9 heteroatoms. The van der Waals surface area contributed by atoms with Crippen molar-refractivity contribution in [2.45, 2.75) is 18.7 Å². The van der Waals surface area contributed by atoms with Crippen LogP contribution in [0, 0.1) is 0 Å². The normalized spacial score (nSPS) is 14.6. The van der Waals surface area contributed by atoms with Crippen molar-refractivity contribution in [3.05, 3.63) is 41.6 Å². The molecule has 0 radical (unpaired) electrons. The Morgan fingerprint density at radius 1 is 1.39 bits per heavy atom. The lowest BCUT2D eigenvalue weighted by atomic mass is 10.0. The van der Waals surface area contributed by atoms with Gasteiger partial charge in [-0.2, -0.15) is 0 Å². The quantitative estimate of drug-likeness (QED) is 0.682. The molecular formula is C14H18FN3O4S. The number of alkyl halides is 1. The Morgan fingerprint density at radius 2 is 2.04 bits per heavy atom. The molecule has 0 aliphatic carbocycles. The van der Waals surface area contributed by atoms with E-state index in [0.717, 1.165) is 6.26 Å². The standard InChI is InChI=1S/C14H18FN3O4S/c1-23(20,21)17-8-11-6-13(22-18-11)9-2-4-10(5-3-9)14(19)12(16)7-15/h2-6,12,14,17,19H,7-8,16H2,1H3/t12-,14+/m0/s1. The molecule has 23 heavy (non-hydrogen) atoms. The van der Waals surface area contributed by atoms with E-state index in [1.54, 1.807) is 30.3 Å². The van der Waals surface area contributed by atoms with E-state index < -0.39 is 28.8 Å². The third-order valence-corrected chi connectivity index (χ3v) is 3.86. The molecule has 0 bridgehead atoms. The molecule has 0 amide bonds. The Labute approximate surface area is 133 Å². The monoisotopic (exact) mass is 343 g/mol. The maximum atomic E-state index is 12.5. The SMILES string of the molecule is CS(=O)(=O)NCc1cc(-c2ccc([C@@H](O)[C@@H](N)CF)cc2)on1. The predicted molar refractivity (Wildman–Crippen MR) is 82.5 cm³/mol. The Balaban J connectivity index is 2.09. The second-order valence-electron chi connectivity index (χ2n) is 5.16. The summed E-state index contributed by atoms with van der Waals surface area (Å²) in [4.78, 5) is 0. The molecule has 0 unspecified atom stereocenters. The van der Waals surface area contributed by atoms with Crippen molar-refractivity contribution < 1.29 is 22.4 Å². The van der Waals surface area contributed by atoms with Gasteiger partial charge in [-0.25, -0.2) is 17.5 Å². The van der Waals surface area contributed by atoms with Crippen LogP contribution < -0.4 is 10.5 Å². The minimum atomic E-state index is -3.31. The Hall–Kier alpha value is -1.81. The lowest BCUT2D eigenvalue weighted by molar-refractivity contribution is 0.132. The predicted octanol–water partition coefficient (Wildman–Crippen LogP) is 0.721. The van der Waals surface area contributed by atoms with Gasteiger partial charge in [0.15, 0.2) is 5.76 Å². The number of hydrogen-bond acceptors (Lipinski definition) is 6.